The maximum absolute atomic E-state index is 11.9. The SMILES string of the molecule is CN(Cc1cscn1)C(=O)CC1(N)CCC1. The molecule has 16 heavy (non-hydrogen) atoms. The number of nitrogens with zero attached hydrogens (tertiary/aromatic N) is 2. The Labute approximate surface area is 99.5 Å². The highest BCUT2D eigenvalue weighted by molar-refractivity contribution is 7.07. The van der Waals surface area contributed by atoms with Crippen LogP contribution in [0.3, 0.4) is 0 Å². The van der Waals surface area contributed by atoms with Gasteiger partial charge in [0.2, 0.25) is 5.91 Å². The van der Waals surface area contributed by atoms with Gasteiger partial charge in [0.1, 0.15) is 0 Å². The van der Waals surface area contributed by atoms with Gasteiger partial charge in [-0.15, -0.1) is 11.3 Å². The van der Waals surface area contributed by atoms with Gasteiger partial charge in [0.15, 0.2) is 0 Å². The molecule has 5 heteroatoms. The lowest BCUT2D eigenvalue weighted by molar-refractivity contribution is -0.132. The third-order valence-corrected chi connectivity index (χ3v) is 3.80. The van der Waals surface area contributed by atoms with E-state index in [0.717, 1.165) is 25.0 Å². The lowest BCUT2D eigenvalue weighted by atomic mass is 9.75. The first-order chi connectivity index (χ1) is 7.59. The summed E-state index contributed by atoms with van der Waals surface area (Å²) in [6.07, 6.45) is 3.57. The van der Waals surface area contributed by atoms with Gasteiger partial charge in [-0.05, 0) is 19.3 Å². The molecule has 0 unspecified atom stereocenters. The van der Waals surface area contributed by atoms with E-state index in [1.165, 1.54) is 0 Å². The Balaban J connectivity index is 1.84. The molecule has 88 valence electrons. The molecule has 1 heterocycles. The molecule has 1 saturated carbocycles. The Morgan fingerprint density at radius 1 is 1.69 bits per heavy atom. The second kappa shape index (κ2) is 4.51. The van der Waals surface area contributed by atoms with Crippen molar-refractivity contribution in [3.8, 4) is 0 Å². The fourth-order valence-corrected chi connectivity index (χ4v) is 2.44. The van der Waals surface area contributed by atoms with Crippen molar-refractivity contribution in [1.82, 2.24) is 9.88 Å². The second-order valence-electron chi connectivity index (χ2n) is 4.62. The smallest absolute Gasteiger partial charge is 0.224 e. The topological polar surface area (TPSA) is 59.2 Å². The molecule has 1 amide bonds. The van der Waals surface area contributed by atoms with Crippen molar-refractivity contribution in [3.05, 3.63) is 16.6 Å². The highest BCUT2D eigenvalue weighted by Gasteiger charge is 2.35. The van der Waals surface area contributed by atoms with E-state index in [4.69, 9.17) is 5.73 Å². The molecule has 0 aromatic carbocycles. The van der Waals surface area contributed by atoms with E-state index < -0.39 is 0 Å². The van der Waals surface area contributed by atoms with Crippen LogP contribution in [0.1, 0.15) is 31.4 Å². The second-order valence-corrected chi connectivity index (χ2v) is 5.34. The zero-order valence-electron chi connectivity index (χ0n) is 9.48. The minimum atomic E-state index is -0.229. The average molecular weight is 239 g/mol. The Morgan fingerprint density at radius 3 is 2.94 bits per heavy atom. The van der Waals surface area contributed by atoms with Crippen LogP contribution < -0.4 is 5.73 Å². The van der Waals surface area contributed by atoms with Gasteiger partial charge in [0.25, 0.3) is 0 Å². The summed E-state index contributed by atoms with van der Waals surface area (Å²) in [4.78, 5) is 17.8. The first kappa shape index (κ1) is 11.5. The third kappa shape index (κ3) is 2.59. The lowest BCUT2D eigenvalue weighted by Gasteiger charge is -2.38. The summed E-state index contributed by atoms with van der Waals surface area (Å²) in [6.45, 7) is 0.582. The summed E-state index contributed by atoms with van der Waals surface area (Å²) < 4.78 is 0. The zero-order valence-corrected chi connectivity index (χ0v) is 10.3. The van der Waals surface area contributed by atoms with E-state index >= 15 is 0 Å². The van der Waals surface area contributed by atoms with E-state index in [-0.39, 0.29) is 11.4 Å². The molecule has 0 bridgehead atoms. The number of amides is 1. The normalized spacial score (nSPS) is 17.9. The standard InChI is InChI=1S/C11H17N3OS/c1-14(6-9-7-16-8-13-9)10(15)5-11(12)3-2-4-11/h7-8H,2-6,12H2,1H3. The average Bonchev–Trinajstić information content (AvgIpc) is 2.68. The van der Waals surface area contributed by atoms with Crippen molar-refractivity contribution in [2.75, 3.05) is 7.05 Å². The third-order valence-electron chi connectivity index (χ3n) is 3.16. The summed E-state index contributed by atoms with van der Waals surface area (Å²) in [7, 11) is 1.81. The Bertz CT molecular complexity index is 359. The summed E-state index contributed by atoms with van der Waals surface area (Å²) in [6, 6.07) is 0. The monoisotopic (exact) mass is 239 g/mol. The minimum absolute atomic E-state index is 0.121. The van der Waals surface area contributed by atoms with Gasteiger partial charge in [0.05, 0.1) is 17.7 Å². The minimum Gasteiger partial charge on any atom is -0.340 e. The first-order valence-corrected chi connectivity index (χ1v) is 6.43. The Hall–Kier alpha value is -0.940. The molecule has 1 fully saturated rings. The fraction of sp³-hybridized carbons (Fsp3) is 0.636. The van der Waals surface area contributed by atoms with Gasteiger partial charge in [-0.1, -0.05) is 0 Å². The van der Waals surface area contributed by atoms with Crippen molar-refractivity contribution in [1.29, 1.82) is 0 Å². The molecule has 0 aliphatic heterocycles. The summed E-state index contributed by atoms with van der Waals surface area (Å²) >= 11 is 1.55. The Kier molecular flexibility index (Phi) is 3.25. The molecular formula is C11H17N3OS. The lowest BCUT2D eigenvalue weighted by Crippen LogP contribution is -2.50. The van der Waals surface area contributed by atoms with Crippen LogP contribution in [0.2, 0.25) is 0 Å². The quantitative estimate of drug-likeness (QED) is 0.863. The fourth-order valence-electron chi connectivity index (χ4n) is 1.89. The molecule has 2 N–H and O–H groups in total. The van der Waals surface area contributed by atoms with Crippen molar-refractivity contribution in [2.45, 2.75) is 37.8 Å². The van der Waals surface area contributed by atoms with E-state index in [0.29, 0.717) is 13.0 Å². The van der Waals surface area contributed by atoms with Crippen molar-refractivity contribution >= 4 is 17.2 Å². The number of carbonyl (C=O) groups is 1. The highest BCUT2D eigenvalue weighted by atomic mass is 32.1. The van der Waals surface area contributed by atoms with E-state index in [1.54, 1.807) is 21.7 Å². The largest absolute Gasteiger partial charge is 0.340 e. The Morgan fingerprint density at radius 2 is 2.44 bits per heavy atom. The molecule has 0 atom stereocenters. The van der Waals surface area contributed by atoms with Crippen molar-refractivity contribution in [2.24, 2.45) is 5.73 Å². The number of thiazole rings is 1. The summed E-state index contributed by atoms with van der Waals surface area (Å²) in [5.74, 6) is 0.121. The molecular weight excluding hydrogens is 222 g/mol. The maximum atomic E-state index is 11.9. The van der Waals surface area contributed by atoms with Gasteiger partial charge in [-0.3, -0.25) is 4.79 Å². The van der Waals surface area contributed by atoms with Crippen LogP contribution in [-0.2, 0) is 11.3 Å². The van der Waals surface area contributed by atoms with E-state index in [2.05, 4.69) is 4.98 Å². The molecule has 0 spiro atoms. The van der Waals surface area contributed by atoms with E-state index in [1.807, 2.05) is 12.4 Å². The first-order valence-electron chi connectivity index (χ1n) is 5.49. The summed E-state index contributed by atoms with van der Waals surface area (Å²) in [5.41, 5.74) is 8.55. The van der Waals surface area contributed by atoms with Crippen LogP contribution in [0.4, 0.5) is 0 Å². The maximum Gasteiger partial charge on any atom is 0.224 e. The van der Waals surface area contributed by atoms with E-state index in [9.17, 15) is 4.79 Å². The predicted octanol–water partition coefficient (Wildman–Crippen LogP) is 1.37. The van der Waals surface area contributed by atoms with Gasteiger partial charge in [0, 0.05) is 24.4 Å². The number of aromatic nitrogens is 1. The molecule has 2 rings (SSSR count). The van der Waals surface area contributed by atoms with Crippen molar-refractivity contribution in [3.63, 3.8) is 0 Å². The molecule has 1 aromatic rings. The van der Waals surface area contributed by atoms with Gasteiger partial charge in [-0.2, -0.15) is 0 Å². The van der Waals surface area contributed by atoms with Gasteiger partial charge >= 0.3 is 0 Å². The number of carbonyl (C=O) groups excluding carboxylic acids is 1. The zero-order chi connectivity index (χ0) is 11.6. The molecule has 4 nitrogen and oxygen atoms in total. The summed E-state index contributed by atoms with van der Waals surface area (Å²) in [5, 5.41) is 1.96. The van der Waals surface area contributed by atoms with Crippen LogP contribution in [0.15, 0.2) is 10.9 Å². The van der Waals surface area contributed by atoms with Crippen LogP contribution in [0.5, 0.6) is 0 Å². The molecule has 1 aliphatic carbocycles. The van der Waals surface area contributed by atoms with Gasteiger partial charge < -0.3 is 10.6 Å². The van der Waals surface area contributed by atoms with Crippen LogP contribution in [-0.4, -0.2) is 28.4 Å². The molecule has 1 aromatic heterocycles. The molecule has 1 aliphatic rings. The van der Waals surface area contributed by atoms with Crippen LogP contribution >= 0.6 is 11.3 Å². The van der Waals surface area contributed by atoms with Crippen molar-refractivity contribution < 1.29 is 4.79 Å². The van der Waals surface area contributed by atoms with Crippen LogP contribution in [0, 0.1) is 0 Å². The van der Waals surface area contributed by atoms with Gasteiger partial charge in [-0.25, -0.2) is 4.98 Å². The number of nitrogens with two attached hydrogens (primary N) is 1. The number of rotatable bonds is 4. The number of hydrogen-bond acceptors (Lipinski definition) is 4. The number of hydrogen-bond donors (Lipinski definition) is 1. The predicted molar refractivity (Wildman–Crippen MR) is 64.0 cm³/mol. The van der Waals surface area contributed by atoms with Crippen LogP contribution in [0.25, 0.3) is 0 Å². The highest BCUT2D eigenvalue weighted by Crippen LogP contribution is 2.32. The molecule has 0 radical (unpaired) electrons. The molecule has 0 saturated heterocycles.